The average molecular weight is 207 g/mol. The molecule has 0 spiro atoms. The highest BCUT2D eigenvalue weighted by Gasteiger charge is 2.08. The summed E-state index contributed by atoms with van der Waals surface area (Å²) >= 11 is 0. The predicted octanol–water partition coefficient (Wildman–Crippen LogP) is 0.739. The molecule has 5 nitrogen and oxygen atoms in total. The third kappa shape index (κ3) is 3.40. The van der Waals surface area contributed by atoms with Crippen LogP contribution in [0, 0.1) is 0 Å². The first-order valence-corrected chi connectivity index (χ1v) is 4.44. The van der Waals surface area contributed by atoms with E-state index >= 15 is 0 Å². The van der Waals surface area contributed by atoms with E-state index in [1.165, 1.54) is 6.92 Å². The number of guanidine groups is 1. The lowest BCUT2D eigenvalue weighted by Crippen LogP contribution is -2.37. The highest BCUT2D eigenvalue weighted by molar-refractivity contribution is 5.93. The van der Waals surface area contributed by atoms with E-state index in [2.05, 4.69) is 4.99 Å². The number of nitrogens with zero attached hydrogens (tertiary/aromatic N) is 2. The molecule has 1 aromatic carbocycles. The van der Waals surface area contributed by atoms with Crippen LogP contribution in [0.1, 0.15) is 12.5 Å². The van der Waals surface area contributed by atoms with Gasteiger partial charge < -0.3 is 5.73 Å². The molecule has 1 rings (SSSR count). The number of amides is 1. The van der Waals surface area contributed by atoms with Gasteiger partial charge in [-0.15, -0.1) is 0 Å². The maximum Gasteiger partial charge on any atom is 0.250 e. The number of aliphatic imine (C=N–C) groups is 1. The van der Waals surface area contributed by atoms with Crippen LogP contribution in [-0.2, 0) is 11.3 Å². The summed E-state index contributed by atoms with van der Waals surface area (Å²) in [7, 11) is 0. The van der Waals surface area contributed by atoms with Crippen LogP contribution in [0.5, 0.6) is 0 Å². The first-order chi connectivity index (χ1) is 7.11. The molecule has 0 aliphatic rings. The number of benzene rings is 1. The first-order valence-electron chi connectivity index (χ1n) is 4.44. The van der Waals surface area contributed by atoms with Crippen LogP contribution in [0.25, 0.3) is 0 Å². The summed E-state index contributed by atoms with van der Waals surface area (Å²) in [5.74, 6) is -0.768. The van der Waals surface area contributed by atoms with Crippen LogP contribution in [0.2, 0.25) is 0 Å². The highest BCUT2D eigenvalue weighted by Crippen LogP contribution is 2.00. The van der Waals surface area contributed by atoms with Crippen molar-refractivity contribution in [2.24, 2.45) is 10.7 Å². The predicted molar refractivity (Wildman–Crippen MR) is 56.1 cm³/mol. The van der Waals surface area contributed by atoms with Gasteiger partial charge in [0, 0.05) is 6.92 Å². The molecular formula is C10H13N3O2. The van der Waals surface area contributed by atoms with Crippen molar-refractivity contribution in [3.05, 3.63) is 35.9 Å². The van der Waals surface area contributed by atoms with Crippen LogP contribution < -0.4 is 5.73 Å². The number of rotatable bonds is 2. The Morgan fingerprint density at radius 1 is 1.47 bits per heavy atom. The lowest BCUT2D eigenvalue weighted by molar-refractivity contribution is -0.146. The van der Waals surface area contributed by atoms with Gasteiger partial charge in [0.15, 0.2) is 0 Å². The van der Waals surface area contributed by atoms with Crippen LogP contribution in [0.3, 0.4) is 0 Å². The van der Waals surface area contributed by atoms with Crippen molar-refractivity contribution in [3.63, 3.8) is 0 Å². The molecule has 3 N–H and O–H groups in total. The van der Waals surface area contributed by atoms with Crippen molar-refractivity contribution in [3.8, 4) is 0 Å². The lowest BCUT2D eigenvalue weighted by Gasteiger charge is -2.10. The van der Waals surface area contributed by atoms with Crippen molar-refractivity contribution in [1.29, 1.82) is 0 Å². The van der Waals surface area contributed by atoms with Gasteiger partial charge in [-0.2, -0.15) is 5.06 Å². The molecule has 0 radical (unpaired) electrons. The second kappa shape index (κ2) is 5.11. The molecule has 0 saturated heterocycles. The van der Waals surface area contributed by atoms with Crippen molar-refractivity contribution in [1.82, 2.24) is 5.06 Å². The largest absolute Gasteiger partial charge is 0.368 e. The van der Waals surface area contributed by atoms with Gasteiger partial charge in [0.2, 0.25) is 11.9 Å². The number of nitrogens with two attached hydrogens (primary N) is 1. The second-order valence-electron chi connectivity index (χ2n) is 2.99. The molecule has 0 atom stereocenters. The maximum atomic E-state index is 10.7. The van der Waals surface area contributed by atoms with E-state index < -0.39 is 5.91 Å². The Kier molecular flexibility index (Phi) is 3.82. The molecule has 0 fully saturated rings. The SMILES string of the molecule is CC(=O)N(O)C(N)=NCc1ccccc1. The van der Waals surface area contributed by atoms with Gasteiger partial charge in [-0.05, 0) is 5.56 Å². The highest BCUT2D eigenvalue weighted by atomic mass is 16.5. The zero-order chi connectivity index (χ0) is 11.3. The summed E-state index contributed by atoms with van der Waals surface area (Å²) in [4.78, 5) is 14.6. The molecule has 0 bridgehead atoms. The summed E-state index contributed by atoms with van der Waals surface area (Å²) in [6.45, 7) is 1.53. The minimum absolute atomic E-state index is 0.202. The summed E-state index contributed by atoms with van der Waals surface area (Å²) in [6.07, 6.45) is 0. The fraction of sp³-hybridized carbons (Fsp3) is 0.200. The lowest BCUT2D eigenvalue weighted by atomic mass is 10.2. The third-order valence-corrected chi connectivity index (χ3v) is 1.78. The van der Waals surface area contributed by atoms with E-state index in [1.807, 2.05) is 30.3 Å². The molecule has 0 aromatic heterocycles. The molecule has 0 heterocycles. The monoisotopic (exact) mass is 207 g/mol. The van der Waals surface area contributed by atoms with E-state index in [4.69, 9.17) is 10.9 Å². The molecule has 80 valence electrons. The number of carbonyl (C=O) groups is 1. The minimum Gasteiger partial charge on any atom is -0.368 e. The summed E-state index contributed by atoms with van der Waals surface area (Å²) in [5.41, 5.74) is 6.33. The molecule has 1 aromatic rings. The van der Waals surface area contributed by atoms with Gasteiger partial charge in [-0.3, -0.25) is 10.0 Å². The number of carbonyl (C=O) groups excluding carboxylic acids is 1. The number of hydrogen-bond acceptors (Lipinski definition) is 3. The average Bonchev–Trinajstić information content (AvgIpc) is 2.26. The number of hydroxylamine groups is 2. The van der Waals surface area contributed by atoms with Crippen molar-refractivity contribution < 1.29 is 10.0 Å². The van der Waals surface area contributed by atoms with Crippen molar-refractivity contribution >= 4 is 11.9 Å². The Morgan fingerprint density at radius 3 is 2.60 bits per heavy atom. The first kappa shape index (κ1) is 11.2. The topological polar surface area (TPSA) is 78.9 Å². The molecule has 0 aliphatic heterocycles. The minimum atomic E-state index is -0.565. The van der Waals surface area contributed by atoms with E-state index in [0.29, 0.717) is 11.6 Å². The quantitative estimate of drug-likeness (QED) is 0.325. The Balaban J connectivity index is 2.62. The van der Waals surface area contributed by atoms with E-state index in [-0.39, 0.29) is 5.96 Å². The van der Waals surface area contributed by atoms with Gasteiger partial charge >= 0.3 is 0 Å². The maximum absolute atomic E-state index is 10.7. The Morgan fingerprint density at radius 2 is 2.07 bits per heavy atom. The second-order valence-corrected chi connectivity index (χ2v) is 2.99. The molecule has 5 heteroatoms. The molecule has 1 amide bonds. The number of hydrogen-bond donors (Lipinski definition) is 2. The molecule has 0 saturated carbocycles. The summed E-state index contributed by atoms with van der Waals surface area (Å²) < 4.78 is 0. The van der Waals surface area contributed by atoms with Crippen LogP contribution in [0.4, 0.5) is 0 Å². The molecular weight excluding hydrogens is 194 g/mol. The molecule has 0 unspecified atom stereocenters. The Bertz CT molecular complexity index is 362. The fourth-order valence-corrected chi connectivity index (χ4v) is 0.984. The van der Waals surface area contributed by atoms with Crippen LogP contribution >= 0.6 is 0 Å². The van der Waals surface area contributed by atoms with Crippen LogP contribution in [-0.4, -0.2) is 22.1 Å². The van der Waals surface area contributed by atoms with Crippen molar-refractivity contribution in [2.75, 3.05) is 0 Å². The zero-order valence-corrected chi connectivity index (χ0v) is 8.42. The van der Waals surface area contributed by atoms with Gasteiger partial charge in [0.1, 0.15) is 0 Å². The fourth-order valence-electron chi connectivity index (χ4n) is 0.984. The standard InChI is InChI=1S/C10H13N3O2/c1-8(14)13(15)10(11)12-7-9-5-3-2-4-6-9/h2-6,15H,7H2,1H3,(H2,11,12). The Hall–Kier alpha value is -1.88. The molecule has 15 heavy (non-hydrogen) atoms. The van der Waals surface area contributed by atoms with Crippen molar-refractivity contribution in [2.45, 2.75) is 13.5 Å². The summed E-state index contributed by atoms with van der Waals surface area (Å²) in [5, 5.41) is 9.42. The zero-order valence-electron chi connectivity index (χ0n) is 8.42. The summed E-state index contributed by atoms with van der Waals surface area (Å²) in [6, 6.07) is 9.41. The van der Waals surface area contributed by atoms with E-state index in [0.717, 1.165) is 5.56 Å². The third-order valence-electron chi connectivity index (χ3n) is 1.78. The van der Waals surface area contributed by atoms with Gasteiger partial charge in [0.25, 0.3) is 0 Å². The van der Waals surface area contributed by atoms with Crippen LogP contribution in [0.15, 0.2) is 35.3 Å². The normalized spacial score (nSPS) is 11.2. The molecule has 0 aliphatic carbocycles. The smallest absolute Gasteiger partial charge is 0.250 e. The van der Waals surface area contributed by atoms with Gasteiger partial charge in [0.05, 0.1) is 6.54 Å². The van der Waals surface area contributed by atoms with Gasteiger partial charge in [-0.1, -0.05) is 30.3 Å². The van der Waals surface area contributed by atoms with E-state index in [1.54, 1.807) is 0 Å². The van der Waals surface area contributed by atoms with E-state index in [9.17, 15) is 4.79 Å². The Labute approximate surface area is 87.8 Å². The van der Waals surface area contributed by atoms with Gasteiger partial charge in [-0.25, -0.2) is 4.99 Å².